The van der Waals surface area contributed by atoms with Crippen molar-refractivity contribution in [3.05, 3.63) is 34.9 Å². The second-order valence-electron chi connectivity index (χ2n) is 3.27. The van der Waals surface area contributed by atoms with Gasteiger partial charge in [0.15, 0.2) is 0 Å². The van der Waals surface area contributed by atoms with Gasteiger partial charge in [0.25, 0.3) is 0 Å². The van der Waals surface area contributed by atoms with Crippen molar-refractivity contribution in [1.82, 2.24) is 5.43 Å². The van der Waals surface area contributed by atoms with Gasteiger partial charge in [-0.05, 0) is 24.8 Å². The van der Waals surface area contributed by atoms with Crippen LogP contribution in [0, 0.1) is 18.6 Å². The van der Waals surface area contributed by atoms with Crippen LogP contribution in [0.15, 0.2) is 12.1 Å². The number of hydrogen-bond acceptors (Lipinski definition) is 3. The molecular weight excluding hydrogens is 218 g/mol. The molecule has 1 aromatic rings. The molecule has 0 aromatic heterocycles. The molecule has 1 rings (SSSR count). The highest BCUT2D eigenvalue weighted by Gasteiger charge is 2.19. The first-order valence-corrected chi connectivity index (χ1v) is 5.90. The number of rotatable bonds is 4. The maximum Gasteiger partial charge on any atom is 0.133 e. The summed E-state index contributed by atoms with van der Waals surface area (Å²) in [5, 5.41) is 0. The molecule has 0 saturated heterocycles. The topological polar surface area (TPSA) is 38.0 Å². The average molecular weight is 232 g/mol. The summed E-state index contributed by atoms with van der Waals surface area (Å²) < 4.78 is 27.1. The lowest BCUT2D eigenvalue weighted by Crippen LogP contribution is -2.31. The van der Waals surface area contributed by atoms with Crippen LogP contribution >= 0.6 is 11.8 Å². The van der Waals surface area contributed by atoms with E-state index in [1.54, 1.807) is 6.92 Å². The van der Waals surface area contributed by atoms with Gasteiger partial charge in [-0.3, -0.25) is 11.3 Å². The minimum Gasteiger partial charge on any atom is -0.271 e. The SMILES string of the molecule is CSCC(NN)c1c(F)ccc(C)c1F. The number of hydrogen-bond donors (Lipinski definition) is 2. The number of benzene rings is 1. The van der Waals surface area contributed by atoms with Gasteiger partial charge in [0, 0.05) is 11.3 Å². The van der Waals surface area contributed by atoms with Gasteiger partial charge in [0.1, 0.15) is 11.6 Å². The van der Waals surface area contributed by atoms with E-state index in [0.717, 1.165) is 0 Å². The molecule has 5 heteroatoms. The molecule has 0 heterocycles. The van der Waals surface area contributed by atoms with E-state index in [1.165, 1.54) is 23.9 Å². The summed E-state index contributed by atoms with van der Waals surface area (Å²) in [5.74, 6) is 4.72. The number of halogens is 2. The summed E-state index contributed by atoms with van der Waals surface area (Å²) in [6.45, 7) is 1.60. The summed E-state index contributed by atoms with van der Waals surface area (Å²) >= 11 is 1.48. The molecule has 1 unspecified atom stereocenters. The Morgan fingerprint density at radius 3 is 2.67 bits per heavy atom. The van der Waals surface area contributed by atoms with Crippen molar-refractivity contribution in [2.75, 3.05) is 12.0 Å². The Hall–Kier alpha value is -0.650. The molecule has 0 aliphatic heterocycles. The highest BCUT2D eigenvalue weighted by atomic mass is 32.2. The van der Waals surface area contributed by atoms with Crippen LogP contribution in [0.25, 0.3) is 0 Å². The minimum absolute atomic E-state index is 0.0202. The molecule has 0 bridgehead atoms. The zero-order valence-electron chi connectivity index (χ0n) is 8.68. The first kappa shape index (κ1) is 12.4. The van der Waals surface area contributed by atoms with Crippen molar-refractivity contribution in [1.29, 1.82) is 0 Å². The number of nitrogens with two attached hydrogens (primary N) is 1. The fraction of sp³-hybridized carbons (Fsp3) is 0.400. The van der Waals surface area contributed by atoms with E-state index in [9.17, 15) is 8.78 Å². The number of aryl methyl sites for hydroxylation is 1. The van der Waals surface area contributed by atoms with Crippen LogP contribution in [-0.2, 0) is 0 Å². The Bertz CT molecular complexity index is 344. The third-order valence-corrected chi connectivity index (χ3v) is 2.87. The lowest BCUT2D eigenvalue weighted by Gasteiger charge is -2.17. The largest absolute Gasteiger partial charge is 0.271 e. The molecule has 0 amide bonds. The summed E-state index contributed by atoms with van der Waals surface area (Å²) in [7, 11) is 0. The maximum atomic E-state index is 13.7. The lowest BCUT2D eigenvalue weighted by molar-refractivity contribution is 0.496. The Labute approximate surface area is 92.2 Å². The van der Waals surface area contributed by atoms with Crippen LogP contribution < -0.4 is 11.3 Å². The molecule has 1 aromatic carbocycles. The number of nitrogens with one attached hydrogen (secondary N) is 1. The van der Waals surface area contributed by atoms with E-state index in [1.807, 2.05) is 6.26 Å². The summed E-state index contributed by atoms with van der Waals surface area (Å²) in [4.78, 5) is 0. The third kappa shape index (κ3) is 2.68. The molecule has 0 aliphatic rings. The van der Waals surface area contributed by atoms with E-state index >= 15 is 0 Å². The Morgan fingerprint density at radius 2 is 2.13 bits per heavy atom. The van der Waals surface area contributed by atoms with E-state index in [4.69, 9.17) is 5.84 Å². The minimum atomic E-state index is -0.560. The second-order valence-corrected chi connectivity index (χ2v) is 4.18. The monoisotopic (exact) mass is 232 g/mol. The molecule has 3 N–H and O–H groups in total. The van der Waals surface area contributed by atoms with Gasteiger partial charge in [-0.2, -0.15) is 11.8 Å². The van der Waals surface area contributed by atoms with E-state index in [0.29, 0.717) is 11.3 Å². The molecule has 0 aliphatic carbocycles. The Morgan fingerprint density at radius 1 is 1.47 bits per heavy atom. The quantitative estimate of drug-likeness (QED) is 0.617. The van der Waals surface area contributed by atoms with Crippen molar-refractivity contribution >= 4 is 11.8 Å². The van der Waals surface area contributed by atoms with Gasteiger partial charge in [0.05, 0.1) is 6.04 Å². The fourth-order valence-electron chi connectivity index (χ4n) is 1.38. The predicted molar refractivity (Wildman–Crippen MR) is 59.5 cm³/mol. The smallest absolute Gasteiger partial charge is 0.133 e. The average Bonchev–Trinajstić information content (AvgIpc) is 2.22. The summed E-state index contributed by atoms with van der Waals surface area (Å²) in [6.07, 6.45) is 1.86. The molecular formula is C10H14F2N2S. The lowest BCUT2D eigenvalue weighted by atomic mass is 10.0. The van der Waals surface area contributed by atoms with Crippen molar-refractivity contribution in [3.63, 3.8) is 0 Å². The standard InChI is InChI=1S/C10H14F2N2S/c1-6-3-4-7(11)9(10(6)12)8(14-13)5-15-2/h3-4,8,14H,5,13H2,1-2H3. The number of thioether (sulfide) groups is 1. The third-order valence-electron chi connectivity index (χ3n) is 2.20. The second kappa shape index (κ2) is 5.44. The highest BCUT2D eigenvalue weighted by molar-refractivity contribution is 7.98. The molecule has 2 nitrogen and oxygen atoms in total. The molecule has 84 valence electrons. The first-order chi connectivity index (χ1) is 7.11. The first-order valence-electron chi connectivity index (χ1n) is 4.51. The molecule has 0 spiro atoms. The Kier molecular flexibility index (Phi) is 4.50. The molecule has 0 fully saturated rings. The fourth-order valence-corrected chi connectivity index (χ4v) is 1.98. The van der Waals surface area contributed by atoms with Gasteiger partial charge in [0.2, 0.25) is 0 Å². The summed E-state index contributed by atoms with van der Waals surface area (Å²) in [6, 6.07) is 2.18. The highest BCUT2D eigenvalue weighted by Crippen LogP contribution is 2.24. The van der Waals surface area contributed by atoms with Gasteiger partial charge in [-0.15, -0.1) is 0 Å². The molecule has 0 saturated carbocycles. The molecule has 0 radical (unpaired) electrons. The van der Waals surface area contributed by atoms with Crippen LogP contribution in [0.1, 0.15) is 17.2 Å². The van der Waals surface area contributed by atoms with Gasteiger partial charge in [-0.25, -0.2) is 8.78 Å². The van der Waals surface area contributed by atoms with Gasteiger partial charge >= 0.3 is 0 Å². The van der Waals surface area contributed by atoms with Crippen LogP contribution in [0.3, 0.4) is 0 Å². The van der Waals surface area contributed by atoms with Gasteiger partial charge < -0.3 is 0 Å². The van der Waals surface area contributed by atoms with E-state index in [-0.39, 0.29) is 5.56 Å². The van der Waals surface area contributed by atoms with Crippen LogP contribution in [0.4, 0.5) is 8.78 Å². The zero-order valence-corrected chi connectivity index (χ0v) is 9.50. The molecule has 15 heavy (non-hydrogen) atoms. The van der Waals surface area contributed by atoms with Crippen LogP contribution in [0.2, 0.25) is 0 Å². The van der Waals surface area contributed by atoms with Crippen molar-refractivity contribution in [3.8, 4) is 0 Å². The van der Waals surface area contributed by atoms with Crippen LogP contribution in [-0.4, -0.2) is 12.0 Å². The summed E-state index contributed by atoms with van der Waals surface area (Å²) in [5.41, 5.74) is 2.87. The zero-order chi connectivity index (χ0) is 11.4. The normalized spacial score (nSPS) is 12.9. The van der Waals surface area contributed by atoms with E-state index in [2.05, 4.69) is 5.43 Å². The van der Waals surface area contributed by atoms with Crippen molar-refractivity contribution < 1.29 is 8.78 Å². The maximum absolute atomic E-state index is 13.7. The van der Waals surface area contributed by atoms with Crippen LogP contribution in [0.5, 0.6) is 0 Å². The van der Waals surface area contributed by atoms with Crippen molar-refractivity contribution in [2.45, 2.75) is 13.0 Å². The Balaban J connectivity index is 3.15. The van der Waals surface area contributed by atoms with Crippen molar-refractivity contribution in [2.24, 2.45) is 5.84 Å². The van der Waals surface area contributed by atoms with E-state index < -0.39 is 17.7 Å². The predicted octanol–water partition coefficient (Wildman–Crippen LogP) is 2.14. The molecule has 1 atom stereocenters. The number of hydrazine groups is 1. The van der Waals surface area contributed by atoms with Gasteiger partial charge in [-0.1, -0.05) is 6.07 Å².